The first-order valence-corrected chi connectivity index (χ1v) is 4.63. The second-order valence-electron chi connectivity index (χ2n) is 4.91. The van der Waals surface area contributed by atoms with Gasteiger partial charge in [-0.05, 0) is 24.6 Å². The van der Waals surface area contributed by atoms with E-state index in [0.29, 0.717) is 18.4 Å². The summed E-state index contributed by atoms with van der Waals surface area (Å²) in [6.45, 7) is 9.50. The molecule has 1 heterocycles. The molecule has 0 N–H and O–H groups in total. The molecule has 1 rings (SSSR count). The monoisotopic (exact) mass is 154 g/mol. The maximum absolute atomic E-state index is 5.74. The molecule has 0 aromatic carbocycles. The first kappa shape index (κ1) is 9.12. The molecule has 0 radical (unpaired) electrons. The van der Waals surface area contributed by atoms with Gasteiger partial charge in [-0.25, -0.2) is 0 Å². The van der Waals surface area contributed by atoms with Crippen LogP contribution in [0.15, 0.2) is 0 Å². The molecule has 0 amide bonds. The van der Waals surface area contributed by atoms with Crippen LogP contribution in [0.4, 0.5) is 0 Å². The van der Waals surface area contributed by atoms with Crippen LogP contribution in [0.1, 0.15) is 33.6 Å². The summed E-state index contributed by atoms with van der Waals surface area (Å²) in [5, 5.41) is 0. The number of hydrogen-bond donors (Lipinski definition) is 0. The predicted octanol–water partition coefficient (Wildman–Crippen LogP) is 2.83. The van der Waals surface area contributed by atoms with E-state index in [2.05, 4.69) is 27.6 Å². The van der Waals surface area contributed by atoms with Gasteiger partial charge in [0, 0.05) is 6.10 Å². The third-order valence-corrected chi connectivity index (χ3v) is 2.16. The van der Waals surface area contributed by atoms with Gasteiger partial charge in [0.25, 0.3) is 6.92 Å². The average molecular weight is 154 g/mol. The molecule has 1 nitrogen and oxygen atoms in total. The third-order valence-electron chi connectivity index (χ3n) is 2.16. The molecule has 1 aliphatic rings. The Morgan fingerprint density at radius 3 is 2.45 bits per heavy atom. The van der Waals surface area contributed by atoms with Crippen LogP contribution in [0.25, 0.3) is 0 Å². The zero-order valence-electron chi connectivity index (χ0n) is 8.18. The Hall–Kier alpha value is 0.0249. The van der Waals surface area contributed by atoms with Crippen LogP contribution in [-0.4, -0.2) is 13.0 Å². The van der Waals surface area contributed by atoms with Gasteiger partial charge < -0.3 is 4.65 Å². The molecule has 0 aliphatic carbocycles. The minimum atomic E-state index is 0.425. The average Bonchev–Trinajstić information content (AvgIpc) is 2.10. The fraction of sp³-hybridized carbons (Fsp3) is 1.00. The molecule has 0 aromatic rings. The molecule has 2 heteroatoms. The van der Waals surface area contributed by atoms with Crippen LogP contribution in [0.3, 0.4) is 0 Å². The van der Waals surface area contributed by atoms with Crippen molar-refractivity contribution in [3.63, 3.8) is 0 Å². The van der Waals surface area contributed by atoms with E-state index >= 15 is 0 Å². The van der Waals surface area contributed by atoms with Gasteiger partial charge in [-0.1, -0.05) is 27.6 Å². The highest BCUT2D eigenvalue weighted by Gasteiger charge is 2.27. The van der Waals surface area contributed by atoms with E-state index in [4.69, 9.17) is 4.65 Å². The van der Waals surface area contributed by atoms with E-state index in [9.17, 15) is 0 Å². The summed E-state index contributed by atoms with van der Waals surface area (Å²) in [5.74, 6) is 0. The Labute approximate surface area is 70.6 Å². The van der Waals surface area contributed by atoms with Crippen molar-refractivity contribution in [3.05, 3.63) is 0 Å². The Bertz CT molecular complexity index is 128. The van der Waals surface area contributed by atoms with Crippen molar-refractivity contribution >= 4 is 6.92 Å². The Morgan fingerprint density at radius 1 is 1.45 bits per heavy atom. The first-order chi connectivity index (χ1) is 4.97. The van der Waals surface area contributed by atoms with Crippen molar-refractivity contribution in [1.29, 1.82) is 0 Å². The number of rotatable bonds is 1. The van der Waals surface area contributed by atoms with Crippen LogP contribution < -0.4 is 0 Å². The summed E-state index contributed by atoms with van der Waals surface area (Å²) >= 11 is 0. The van der Waals surface area contributed by atoms with E-state index < -0.39 is 0 Å². The Balaban J connectivity index is 2.29. The second-order valence-corrected chi connectivity index (χ2v) is 4.91. The van der Waals surface area contributed by atoms with Crippen molar-refractivity contribution in [2.45, 2.75) is 52.9 Å². The van der Waals surface area contributed by atoms with Gasteiger partial charge in [0.15, 0.2) is 0 Å². The normalized spacial score (nSPS) is 26.2. The molecule has 1 aliphatic heterocycles. The smallest absolute Gasteiger partial charge is 0.290 e. The van der Waals surface area contributed by atoms with Gasteiger partial charge in [-0.2, -0.15) is 0 Å². The van der Waals surface area contributed by atoms with Crippen LogP contribution in [0, 0.1) is 5.41 Å². The van der Waals surface area contributed by atoms with E-state index in [-0.39, 0.29) is 0 Å². The molecule has 0 saturated carbocycles. The molecule has 64 valence electrons. The molecule has 0 aromatic heterocycles. The van der Waals surface area contributed by atoms with Crippen molar-refractivity contribution in [1.82, 2.24) is 0 Å². The highest BCUT2D eigenvalue weighted by Crippen LogP contribution is 2.29. The standard InChI is InChI=1S/C9H19BO/c1-9(2,3)7-8-5-6-10(4)11-8/h8H,5-7H2,1-4H3. The van der Waals surface area contributed by atoms with E-state index in [1.54, 1.807) is 0 Å². The SMILES string of the molecule is CB1CCC(CC(C)(C)C)O1. The van der Waals surface area contributed by atoms with Gasteiger partial charge in [0.2, 0.25) is 0 Å². The molecule has 1 fully saturated rings. The molecular weight excluding hydrogens is 135 g/mol. The fourth-order valence-electron chi connectivity index (χ4n) is 1.72. The highest BCUT2D eigenvalue weighted by atomic mass is 16.5. The fourth-order valence-corrected chi connectivity index (χ4v) is 1.72. The van der Waals surface area contributed by atoms with Gasteiger partial charge in [-0.15, -0.1) is 0 Å². The maximum Gasteiger partial charge on any atom is 0.290 e. The molecule has 1 saturated heterocycles. The van der Waals surface area contributed by atoms with Gasteiger partial charge in [0.1, 0.15) is 0 Å². The van der Waals surface area contributed by atoms with Crippen LogP contribution >= 0.6 is 0 Å². The second kappa shape index (κ2) is 3.18. The molecular formula is C9H19BO. The zero-order valence-corrected chi connectivity index (χ0v) is 8.18. The van der Waals surface area contributed by atoms with Crippen LogP contribution in [0.2, 0.25) is 13.1 Å². The molecule has 1 atom stereocenters. The summed E-state index contributed by atoms with van der Waals surface area (Å²) in [5.41, 5.74) is 0.425. The van der Waals surface area contributed by atoms with Crippen molar-refractivity contribution in [3.8, 4) is 0 Å². The summed E-state index contributed by atoms with van der Waals surface area (Å²) in [7, 11) is 0. The molecule has 0 spiro atoms. The van der Waals surface area contributed by atoms with E-state index in [0.717, 1.165) is 0 Å². The topological polar surface area (TPSA) is 9.23 Å². The lowest BCUT2D eigenvalue weighted by Gasteiger charge is -2.23. The maximum atomic E-state index is 5.74. The Kier molecular flexibility index (Phi) is 2.63. The Morgan fingerprint density at radius 2 is 2.09 bits per heavy atom. The van der Waals surface area contributed by atoms with Gasteiger partial charge in [-0.3, -0.25) is 0 Å². The molecule has 1 unspecified atom stereocenters. The van der Waals surface area contributed by atoms with Crippen LogP contribution in [0.5, 0.6) is 0 Å². The summed E-state index contributed by atoms with van der Waals surface area (Å²) in [6, 6.07) is 0. The lowest BCUT2D eigenvalue weighted by atomic mass is 9.69. The van der Waals surface area contributed by atoms with E-state index in [1.807, 2.05) is 0 Å². The predicted molar refractivity (Wildman–Crippen MR) is 50.0 cm³/mol. The minimum Gasteiger partial charge on any atom is -0.434 e. The van der Waals surface area contributed by atoms with Crippen molar-refractivity contribution in [2.24, 2.45) is 5.41 Å². The first-order valence-electron chi connectivity index (χ1n) is 4.63. The van der Waals surface area contributed by atoms with Crippen LogP contribution in [-0.2, 0) is 4.65 Å². The summed E-state index contributed by atoms with van der Waals surface area (Å²) < 4.78 is 5.74. The molecule has 0 bridgehead atoms. The van der Waals surface area contributed by atoms with E-state index in [1.165, 1.54) is 19.2 Å². The van der Waals surface area contributed by atoms with Gasteiger partial charge >= 0.3 is 0 Å². The van der Waals surface area contributed by atoms with Crippen molar-refractivity contribution in [2.75, 3.05) is 0 Å². The summed E-state index contributed by atoms with van der Waals surface area (Å²) in [4.78, 5) is 0. The minimum absolute atomic E-state index is 0.425. The molecule has 11 heavy (non-hydrogen) atoms. The number of hydrogen-bond acceptors (Lipinski definition) is 1. The third kappa shape index (κ3) is 3.28. The lowest BCUT2D eigenvalue weighted by molar-refractivity contribution is 0.165. The quantitative estimate of drug-likeness (QED) is 0.527. The largest absolute Gasteiger partial charge is 0.434 e. The van der Waals surface area contributed by atoms with Crippen molar-refractivity contribution < 1.29 is 4.65 Å². The summed E-state index contributed by atoms with van der Waals surface area (Å²) in [6.07, 6.45) is 4.25. The van der Waals surface area contributed by atoms with Gasteiger partial charge in [0.05, 0.1) is 0 Å². The zero-order chi connectivity index (χ0) is 8.48. The lowest BCUT2D eigenvalue weighted by Crippen LogP contribution is -2.18. The highest BCUT2D eigenvalue weighted by molar-refractivity contribution is 6.50.